The average Bonchev–Trinajstić information content (AvgIpc) is 2.23. The fraction of sp³-hybridized carbons (Fsp3) is 0.800. The number of nitrogens with zero attached hydrogens (tertiary/aromatic N) is 1. The number of nitrogens with one attached hydrogen (secondary N) is 1. The van der Waals surface area contributed by atoms with E-state index >= 15 is 0 Å². The number of carbonyl (C=O) groups is 2. The van der Waals surface area contributed by atoms with Gasteiger partial charge in [0.1, 0.15) is 0 Å². The van der Waals surface area contributed by atoms with Crippen molar-refractivity contribution < 1.29 is 22.8 Å². The third-order valence-electron chi connectivity index (χ3n) is 2.33. The second kappa shape index (κ2) is 6.03. The Hall–Kier alpha value is -1.31. The van der Waals surface area contributed by atoms with Gasteiger partial charge in [-0.2, -0.15) is 13.2 Å². The maximum Gasteiger partial charge on any atom is 0.415 e. The molecule has 3 N–H and O–H groups in total. The van der Waals surface area contributed by atoms with Crippen LogP contribution in [0.1, 0.15) is 20.3 Å². The summed E-state index contributed by atoms with van der Waals surface area (Å²) in [6.45, 7) is 2.35. The highest BCUT2D eigenvalue weighted by Crippen LogP contribution is 2.29. The standard InChI is InChI=1S/C10H18F3N3O2/c1-4-5-15-7(17)6-16(3)8(18)9(2,14)10(11,12)13/h4-6,14H2,1-3H3,(H,15,17). The van der Waals surface area contributed by atoms with Crippen LogP contribution < -0.4 is 11.1 Å². The van der Waals surface area contributed by atoms with Crippen molar-refractivity contribution in [1.29, 1.82) is 0 Å². The minimum absolute atomic E-state index is 0.403. The van der Waals surface area contributed by atoms with Crippen LogP contribution >= 0.6 is 0 Å². The summed E-state index contributed by atoms with van der Waals surface area (Å²) in [5.41, 5.74) is 1.97. The second-order valence-electron chi connectivity index (χ2n) is 4.21. The topological polar surface area (TPSA) is 75.4 Å². The highest BCUT2D eigenvalue weighted by molar-refractivity contribution is 5.90. The van der Waals surface area contributed by atoms with E-state index in [0.717, 1.165) is 7.05 Å². The highest BCUT2D eigenvalue weighted by atomic mass is 19.4. The van der Waals surface area contributed by atoms with Gasteiger partial charge < -0.3 is 16.0 Å². The number of likely N-dealkylation sites (N-methyl/N-ethyl adjacent to an activating group) is 1. The number of carbonyl (C=O) groups excluding carboxylic acids is 2. The third kappa shape index (κ3) is 4.17. The van der Waals surface area contributed by atoms with Crippen LogP contribution in [-0.4, -0.2) is 48.6 Å². The molecule has 0 bridgehead atoms. The van der Waals surface area contributed by atoms with Crippen LogP contribution in [-0.2, 0) is 9.59 Å². The maximum absolute atomic E-state index is 12.5. The first-order valence-corrected chi connectivity index (χ1v) is 5.42. The van der Waals surface area contributed by atoms with E-state index in [1.54, 1.807) is 0 Å². The second-order valence-corrected chi connectivity index (χ2v) is 4.21. The maximum atomic E-state index is 12.5. The van der Waals surface area contributed by atoms with Gasteiger partial charge in [-0.1, -0.05) is 6.92 Å². The first-order valence-electron chi connectivity index (χ1n) is 5.42. The first-order chi connectivity index (χ1) is 8.04. The number of alkyl halides is 3. The zero-order chi connectivity index (χ0) is 14.6. The van der Waals surface area contributed by atoms with Gasteiger partial charge in [0.2, 0.25) is 5.91 Å². The Morgan fingerprint density at radius 1 is 1.33 bits per heavy atom. The molecule has 2 amide bonds. The van der Waals surface area contributed by atoms with Crippen LogP contribution in [0, 0.1) is 0 Å². The number of nitrogens with two attached hydrogens (primary N) is 1. The molecule has 106 valence electrons. The quantitative estimate of drug-likeness (QED) is 0.751. The van der Waals surface area contributed by atoms with Gasteiger partial charge in [-0.05, 0) is 13.3 Å². The fourth-order valence-corrected chi connectivity index (χ4v) is 1.13. The summed E-state index contributed by atoms with van der Waals surface area (Å²) in [5, 5.41) is 2.45. The summed E-state index contributed by atoms with van der Waals surface area (Å²) in [7, 11) is 1.10. The Bertz CT molecular complexity index is 316. The molecule has 0 saturated carbocycles. The number of amides is 2. The molecule has 1 atom stereocenters. The Morgan fingerprint density at radius 3 is 2.22 bits per heavy atom. The molecule has 0 spiro atoms. The van der Waals surface area contributed by atoms with Crippen LogP contribution in [0.2, 0.25) is 0 Å². The van der Waals surface area contributed by atoms with Crippen LogP contribution in [0.5, 0.6) is 0 Å². The van der Waals surface area contributed by atoms with Crippen molar-refractivity contribution >= 4 is 11.8 Å². The minimum atomic E-state index is -4.86. The van der Waals surface area contributed by atoms with Crippen molar-refractivity contribution in [2.24, 2.45) is 5.73 Å². The molecular formula is C10H18F3N3O2. The van der Waals surface area contributed by atoms with Crippen LogP contribution in [0.4, 0.5) is 13.2 Å². The van der Waals surface area contributed by atoms with Gasteiger partial charge in [-0.15, -0.1) is 0 Å². The third-order valence-corrected chi connectivity index (χ3v) is 2.33. The van der Waals surface area contributed by atoms with Gasteiger partial charge in [0.05, 0.1) is 6.54 Å². The normalized spacial score (nSPS) is 14.8. The predicted octanol–water partition coefficient (Wildman–Crippen LogP) is 0.251. The zero-order valence-electron chi connectivity index (χ0n) is 10.6. The molecule has 0 radical (unpaired) electrons. The van der Waals surface area contributed by atoms with Crippen molar-refractivity contribution in [2.45, 2.75) is 32.0 Å². The molecule has 0 heterocycles. The van der Waals surface area contributed by atoms with Gasteiger partial charge in [0.25, 0.3) is 5.91 Å². The monoisotopic (exact) mass is 269 g/mol. The SMILES string of the molecule is CCCNC(=O)CN(C)C(=O)C(C)(N)C(F)(F)F. The van der Waals surface area contributed by atoms with Gasteiger partial charge in [-0.25, -0.2) is 0 Å². The lowest BCUT2D eigenvalue weighted by molar-refractivity contribution is -0.193. The molecule has 1 unspecified atom stereocenters. The summed E-state index contributed by atoms with van der Waals surface area (Å²) in [5.74, 6) is -1.87. The lowest BCUT2D eigenvalue weighted by Gasteiger charge is -2.30. The lowest BCUT2D eigenvalue weighted by Crippen LogP contribution is -2.62. The molecule has 0 aromatic rings. The van der Waals surface area contributed by atoms with E-state index in [1.165, 1.54) is 0 Å². The van der Waals surface area contributed by atoms with Crippen molar-refractivity contribution in [3.05, 3.63) is 0 Å². The summed E-state index contributed by atoms with van der Waals surface area (Å²) in [6.07, 6.45) is -4.17. The summed E-state index contributed by atoms with van der Waals surface area (Å²) in [6, 6.07) is 0. The Balaban J connectivity index is 4.57. The van der Waals surface area contributed by atoms with E-state index in [4.69, 9.17) is 5.73 Å². The molecule has 18 heavy (non-hydrogen) atoms. The fourth-order valence-electron chi connectivity index (χ4n) is 1.13. The van der Waals surface area contributed by atoms with E-state index in [-0.39, 0.29) is 0 Å². The molecule has 0 aliphatic heterocycles. The predicted molar refractivity (Wildman–Crippen MR) is 59.6 cm³/mol. The summed E-state index contributed by atoms with van der Waals surface area (Å²) in [4.78, 5) is 23.5. The van der Waals surface area contributed by atoms with E-state index < -0.39 is 30.1 Å². The zero-order valence-corrected chi connectivity index (χ0v) is 10.6. The number of halogens is 3. The molecule has 0 aromatic heterocycles. The highest BCUT2D eigenvalue weighted by Gasteiger charge is 2.55. The molecule has 8 heteroatoms. The van der Waals surface area contributed by atoms with E-state index in [2.05, 4.69) is 5.32 Å². The molecule has 0 aromatic carbocycles. The van der Waals surface area contributed by atoms with Gasteiger partial charge >= 0.3 is 6.18 Å². The average molecular weight is 269 g/mol. The first kappa shape index (κ1) is 16.7. The number of hydrogen-bond donors (Lipinski definition) is 2. The van der Waals surface area contributed by atoms with Gasteiger partial charge in [-0.3, -0.25) is 9.59 Å². The van der Waals surface area contributed by atoms with Gasteiger partial charge in [0.15, 0.2) is 5.54 Å². The molecule has 0 rings (SSSR count). The molecular weight excluding hydrogens is 251 g/mol. The summed E-state index contributed by atoms with van der Waals surface area (Å²) < 4.78 is 37.5. The molecule has 5 nitrogen and oxygen atoms in total. The smallest absolute Gasteiger partial charge is 0.355 e. The van der Waals surface area contributed by atoms with Crippen molar-refractivity contribution in [2.75, 3.05) is 20.1 Å². The minimum Gasteiger partial charge on any atom is -0.355 e. The molecule has 0 fully saturated rings. The number of rotatable bonds is 5. The van der Waals surface area contributed by atoms with Crippen LogP contribution in [0.15, 0.2) is 0 Å². The van der Waals surface area contributed by atoms with Crippen LogP contribution in [0.3, 0.4) is 0 Å². The number of hydrogen-bond acceptors (Lipinski definition) is 3. The Kier molecular flexibility index (Phi) is 5.59. The van der Waals surface area contributed by atoms with Crippen molar-refractivity contribution in [3.8, 4) is 0 Å². The van der Waals surface area contributed by atoms with E-state index in [0.29, 0.717) is 24.8 Å². The summed E-state index contributed by atoms with van der Waals surface area (Å²) >= 11 is 0. The van der Waals surface area contributed by atoms with E-state index in [9.17, 15) is 22.8 Å². The molecule has 0 aliphatic carbocycles. The molecule has 0 aliphatic rings. The van der Waals surface area contributed by atoms with E-state index in [1.807, 2.05) is 6.92 Å². The lowest BCUT2D eigenvalue weighted by atomic mass is 10.0. The van der Waals surface area contributed by atoms with Crippen LogP contribution in [0.25, 0.3) is 0 Å². The van der Waals surface area contributed by atoms with Crippen molar-refractivity contribution in [1.82, 2.24) is 10.2 Å². The molecule has 0 saturated heterocycles. The van der Waals surface area contributed by atoms with Crippen molar-refractivity contribution in [3.63, 3.8) is 0 Å². The van der Waals surface area contributed by atoms with Gasteiger partial charge in [0, 0.05) is 13.6 Å². The largest absolute Gasteiger partial charge is 0.415 e. The Labute approximate surface area is 103 Å². The Morgan fingerprint density at radius 2 is 1.83 bits per heavy atom.